The number of amides is 1. The molecule has 2 N–H and O–H groups in total. The normalized spacial score (nSPS) is 11.9. The van der Waals surface area contributed by atoms with Crippen molar-refractivity contribution in [2.24, 2.45) is 0 Å². The second kappa shape index (κ2) is 7.75. The minimum absolute atomic E-state index is 0.0120. The van der Waals surface area contributed by atoms with Gasteiger partial charge in [0.25, 0.3) is 5.91 Å². The molecule has 0 aromatic heterocycles. The highest BCUT2D eigenvalue weighted by atomic mass is 16.1. The number of nitrogens with one attached hydrogen (secondary N) is 2. The molecule has 0 spiro atoms. The summed E-state index contributed by atoms with van der Waals surface area (Å²) in [7, 11) is 0. The van der Waals surface area contributed by atoms with Crippen molar-refractivity contribution < 1.29 is 4.79 Å². The van der Waals surface area contributed by atoms with Crippen LogP contribution in [0, 0.1) is 0 Å². The molecule has 1 amide bonds. The molecule has 1 aromatic rings. The molecular formula is C15H24N2O. The molecule has 0 saturated carbocycles. The molecule has 0 aliphatic carbocycles. The van der Waals surface area contributed by atoms with Gasteiger partial charge in [-0.1, -0.05) is 20.3 Å². The van der Waals surface area contributed by atoms with E-state index in [4.69, 9.17) is 0 Å². The maximum atomic E-state index is 11.9. The Morgan fingerprint density at radius 1 is 1.17 bits per heavy atom. The van der Waals surface area contributed by atoms with Crippen LogP contribution in [-0.2, 0) is 0 Å². The first-order valence-corrected chi connectivity index (χ1v) is 6.82. The molecule has 0 radical (unpaired) electrons. The zero-order valence-corrected chi connectivity index (χ0v) is 11.6. The van der Waals surface area contributed by atoms with E-state index in [1.165, 1.54) is 0 Å². The van der Waals surface area contributed by atoms with Crippen LogP contribution in [0.1, 0.15) is 50.4 Å². The van der Waals surface area contributed by atoms with E-state index in [9.17, 15) is 4.79 Å². The summed E-state index contributed by atoms with van der Waals surface area (Å²) in [6, 6.07) is 7.88. The standard InChI is InChI=1S/C15H24N2O/c1-4-6-12(3)17-15(18)13-7-9-14(10-8-13)16-11-5-2/h7-10,12,16H,4-6,11H2,1-3H3,(H,17,18). The average molecular weight is 248 g/mol. The first-order chi connectivity index (χ1) is 8.67. The molecule has 0 bridgehead atoms. The molecule has 1 unspecified atom stereocenters. The Morgan fingerprint density at radius 2 is 1.83 bits per heavy atom. The van der Waals surface area contributed by atoms with Gasteiger partial charge in [-0.3, -0.25) is 4.79 Å². The third kappa shape index (κ3) is 4.78. The van der Waals surface area contributed by atoms with Gasteiger partial charge in [-0.05, 0) is 44.0 Å². The topological polar surface area (TPSA) is 41.1 Å². The van der Waals surface area contributed by atoms with E-state index in [0.717, 1.165) is 37.1 Å². The summed E-state index contributed by atoms with van der Waals surface area (Å²) < 4.78 is 0. The van der Waals surface area contributed by atoms with Gasteiger partial charge in [0.2, 0.25) is 0 Å². The number of benzene rings is 1. The molecule has 3 nitrogen and oxygen atoms in total. The quantitative estimate of drug-likeness (QED) is 0.776. The lowest BCUT2D eigenvalue weighted by Crippen LogP contribution is -2.32. The van der Waals surface area contributed by atoms with Crippen LogP contribution in [0.2, 0.25) is 0 Å². The SMILES string of the molecule is CCCNc1ccc(C(=O)NC(C)CCC)cc1. The summed E-state index contributed by atoms with van der Waals surface area (Å²) in [5, 5.41) is 6.29. The molecule has 18 heavy (non-hydrogen) atoms. The second-order valence-electron chi connectivity index (χ2n) is 4.67. The molecule has 0 aliphatic rings. The lowest BCUT2D eigenvalue weighted by atomic mass is 10.1. The smallest absolute Gasteiger partial charge is 0.251 e. The van der Waals surface area contributed by atoms with Crippen LogP contribution in [0.15, 0.2) is 24.3 Å². The Morgan fingerprint density at radius 3 is 2.39 bits per heavy atom. The highest BCUT2D eigenvalue weighted by Crippen LogP contribution is 2.10. The molecule has 0 heterocycles. The maximum absolute atomic E-state index is 11.9. The molecule has 0 saturated heterocycles. The third-order valence-corrected chi connectivity index (χ3v) is 2.83. The molecule has 0 fully saturated rings. The van der Waals surface area contributed by atoms with Gasteiger partial charge in [0.05, 0.1) is 0 Å². The van der Waals surface area contributed by atoms with Crippen LogP contribution in [0.3, 0.4) is 0 Å². The molecule has 100 valence electrons. The van der Waals surface area contributed by atoms with Gasteiger partial charge < -0.3 is 10.6 Å². The largest absolute Gasteiger partial charge is 0.385 e. The summed E-state index contributed by atoms with van der Waals surface area (Å²) in [6.07, 6.45) is 3.19. The van der Waals surface area contributed by atoms with Gasteiger partial charge in [0.1, 0.15) is 0 Å². The van der Waals surface area contributed by atoms with Gasteiger partial charge in [-0.15, -0.1) is 0 Å². The molecule has 0 aliphatic heterocycles. The lowest BCUT2D eigenvalue weighted by molar-refractivity contribution is 0.0938. The Balaban J connectivity index is 2.53. The second-order valence-corrected chi connectivity index (χ2v) is 4.67. The molecule has 1 aromatic carbocycles. The molecule has 3 heteroatoms. The van der Waals surface area contributed by atoms with Gasteiger partial charge in [-0.25, -0.2) is 0 Å². The Labute approximate surface area is 110 Å². The number of hydrogen-bond acceptors (Lipinski definition) is 2. The summed E-state index contributed by atoms with van der Waals surface area (Å²) in [5.74, 6) is 0.0120. The van der Waals surface area contributed by atoms with E-state index >= 15 is 0 Å². The zero-order valence-electron chi connectivity index (χ0n) is 11.6. The van der Waals surface area contributed by atoms with Crippen LogP contribution >= 0.6 is 0 Å². The fraction of sp³-hybridized carbons (Fsp3) is 0.533. The monoisotopic (exact) mass is 248 g/mol. The maximum Gasteiger partial charge on any atom is 0.251 e. The minimum Gasteiger partial charge on any atom is -0.385 e. The van der Waals surface area contributed by atoms with E-state index in [1.54, 1.807) is 0 Å². The summed E-state index contributed by atoms with van der Waals surface area (Å²) in [6.45, 7) is 7.25. The highest BCUT2D eigenvalue weighted by Gasteiger charge is 2.08. The van der Waals surface area contributed by atoms with Crippen molar-refractivity contribution in [3.8, 4) is 0 Å². The highest BCUT2D eigenvalue weighted by molar-refractivity contribution is 5.94. The number of anilines is 1. The fourth-order valence-corrected chi connectivity index (χ4v) is 1.82. The van der Waals surface area contributed by atoms with Crippen LogP contribution in [0.25, 0.3) is 0 Å². The molecule has 1 rings (SSSR count). The third-order valence-electron chi connectivity index (χ3n) is 2.83. The van der Waals surface area contributed by atoms with E-state index in [2.05, 4.69) is 24.5 Å². The van der Waals surface area contributed by atoms with E-state index in [0.29, 0.717) is 0 Å². The van der Waals surface area contributed by atoms with Crippen molar-refractivity contribution in [1.82, 2.24) is 5.32 Å². The van der Waals surface area contributed by atoms with Crippen molar-refractivity contribution >= 4 is 11.6 Å². The van der Waals surface area contributed by atoms with Gasteiger partial charge >= 0.3 is 0 Å². The van der Waals surface area contributed by atoms with Crippen molar-refractivity contribution in [3.63, 3.8) is 0 Å². The summed E-state index contributed by atoms with van der Waals surface area (Å²) in [5.41, 5.74) is 1.79. The van der Waals surface area contributed by atoms with Crippen molar-refractivity contribution in [2.45, 2.75) is 46.1 Å². The first kappa shape index (κ1) is 14.6. The van der Waals surface area contributed by atoms with Crippen LogP contribution in [0.4, 0.5) is 5.69 Å². The number of carbonyl (C=O) groups excluding carboxylic acids is 1. The van der Waals surface area contributed by atoms with Crippen molar-refractivity contribution in [3.05, 3.63) is 29.8 Å². The summed E-state index contributed by atoms with van der Waals surface area (Å²) in [4.78, 5) is 11.9. The van der Waals surface area contributed by atoms with Crippen LogP contribution in [0.5, 0.6) is 0 Å². The average Bonchev–Trinajstić information content (AvgIpc) is 2.37. The molecular weight excluding hydrogens is 224 g/mol. The van der Waals surface area contributed by atoms with Crippen LogP contribution in [-0.4, -0.2) is 18.5 Å². The lowest BCUT2D eigenvalue weighted by Gasteiger charge is -2.13. The van der Waals surface area contributed by atoms with E-state index in [1.807, 2.05) is 31.2 Å². The Hall–Kier alpha value is -1.51. The molecule has 1 atom stereocenters. The Bertz CT molecular complexity index is 359. The Kier molecular flexibility index (Phi) is 6.26. The van der Waals surface area contributed by atoms with Crippen molar-refractivity contribution in [1.29, 1.82) is 0 Å². The van der Waals surface area contributed by atoms with Crippen LogP contribution < -0.4 is 10.6 Å². The van der Waals surface area contributed by atoms with Gasteiger partial charge in [0, 0.05) is 23.8 Å². The zero-order chi connectivity index (χ0) is 13.4. The van der Waals surface area contributed by atoms with Gasteiger partial charge in [0.15, 0.2) is 0 Å². The summed E-state index contributed by atoms with van der Waals surface area (Å²) >= 11 is 0. The first-order valence-electron chi connectivity index (χ1n) is 6.82. The van der Waals surface area contributed by atoms with E-state index in [-0.39, 0.29) is 11.9 Å². The predicted octanol–water partition coefficient (Wildman–Crippen LogP) is 3.43. The fourth-order valence-electron chi connectivity index (χ4n) is 1.82. The minimum atomic E-state index is 0.0120. The number of carbonyl (C=O) groups is 1. The van der Waals surface area contributed by atoms with E-state index < -0.39 is 0 Å². The van der Waals surface area contributed by atoms with Crippen molar-refractivity contribution in [2.75, 3.05) is 11.9 Å². The number of hydrogen-bond donors (Lipinski definition) is 2. The predicted molar refractivity (Wildman–Crippen MR) is 77.1 cm³/mol. The number of rotatable bonds is 7. The van der Waals surface area contributed by atoms with Gasteiger partial charge in [-0.2, -0.15) is 0 Å².